The number of hydrogen-bond donors (Lipinski definition) is 1. The van der Waals surface area contributed by atoms with E-state index in [2.05, 4.69) is 64.6 Å². The van der Waals surface area contributed by atoms with E-state index in [0.717, 1.165) is 4.47 Å². The Balaban J connectivity index is 1.99. The third-order valence-corrected chi connectivity index (χ3v) is 5.03. The molecule has 21 heavy (non-hydrogen) atoms. The van der Waals surface area contributed by atoms with Crippen molar-refractivity contribution in [2.45, 2.75) is 38.6 Å². The highest BCUT2D eigenvalue weighted by Gasteiger charge is 2.17. The SMILES string of the molecule is CNC(c1ccc2c(c1)CCCC2)c1ccc(Br)cc1C. The smallest absolute Gasteiger partial charge is 0.0577 e. The predicted molar refractivity (Wildman–Crippen MR) is 92.9 cm³/mol. The van der Waals surface area contributed by atoms with Gasteiger partial charge in [0.15, 0.2) is 0 Å². The van der Waals surface area contributed by atoms with Crippen LogP contribution in [0.15, 0.2) is 40.9 Å². The van der Waals surface area contributed by atoms with Gasteiger partial charge in [-0.15, -0.1) is 0 Å². The van der Waals surface area contributed by atoms with E-state index in [0.29, 0.717) is 0 Å². The van der Waals surface area contributed by atoms with Crippen LogP contribution in [0.4, 0.5) is 0 Å². The highest BCUT2D eigenvalue weighted by atomic mass is 79.9. The molecular weight excluding hydrogens is 322 g/mol. The fourth-order valence-electron chi connectivity index (χ4n) is 3.40. The summed E-state index contributed by atoms with van der Waals surface area (Å²) in [6, 6.07) is 13.9. The van der Waals surface area contributed by atoms with Crippen LogP contribution in [0, 0.1) is 6.92 Å². The molecule has 1 aliphatic rings. The van der Waals surface area contributed by atoms with Crippen LogP contribution >= 0.6 is 15.9 Å². The summed E-state index contributed by atoms with van der Waals surface area (Å²) in [6.45, 7) is 2.18. The lowest BCUT2D eigenvalue weighted by Gasteiger charge is -2.23. The third-order valence-electron chi connectivity index (χ3n) is 4.54. The zero-order chi connectivity index (χ0) is 14.8. The highest BCUT2D eigenvalue weighted by molar-refractivity contribution is 9.10. The van der Waals surface area contributed by atoms with Crippen LogP contribution < -0.4 is 5.32 Å². The molecule has 1 atom stereocenters. The molecular formula is C19H22BrN. The Labute approximate surface area is 135 Å². The molecule has 0 spiro atoms. The predicted octanol–water partition coefficient (Wildman–Crippen LogP) is 4.95. The molecule has 1 aliphatic carbocycles. The van der Waals surface area contributed by atoms with Gasteiger partial charge in [0.05, 0.1) is 6.04 Å². The van der Waals surface area contributed by atoms with Crippen LogP contribution in [0.5, 0.6) is 0 Å². The van der Waals surface area contributed by atoms with E-state index < -0.39 is 0 Å². The fraction of sp³-hybridized carbons (Fsp3) is 0.368. The molecule has 0 heterocycles. The first-order valence-electron chi connectivity index (χ1n) is 7.74. The molecule has 1 unspecified atom stereocenters. The largest absolute Gasteiger partial charge is 0.309 e. The zero-order valence-electron chi connectivity index (χ0n) is 12.7. The minimum absolute atomic E-state index is 0.269. The number of benzene rings is 2. The minimum Gasteiger partial charge on any atom is -0.309 e. The molecule has 0 radical (unpaired) electrons. The molecule has 2 aromatic carbocycles. The van der Waals surface area contributed by atoms with Gasteiger partial charge in [-0.25, -0.2) is 0 Å². The van der Waals surface area contributed by atoms with Gasteiger partial charge in [0.25, 0.3) is 0 Å². The van der Waals surface area contributed by atoms with E-state index in [1.54, 1.807) is 11.1 Å². The second-order valence-electron chi connectivity index (χ2n) is 5.96. The van der Waals surface area contributed by atoms with Gasteiger partial charge in [0.2, 0.25) is 0 Å². The molecule has 0 amide bonds. The fourth-order valence-corrected chi connectivity index (χ4v) is 3.87. The summed E-state index contributed by atoms with van der Waals surface area (Å²) in [4.78, 5) is 0. The summed E-state index contributed by atoms with van der Waals surface area (Å²) < 4.78 is 1.14. The van der Waals surface area contributed by atoms with E-state index >= 15 is 0 Å². The monoisotopic (exact) mass is 343 g/mol. The summed E-state index contributed by atoms with van der Waals surface area (Å²) >= 11 is 3.55. The zero-order valence-corrected chi connectivity index (χ0v) is 14.3. The Morgan fingerprint density at radius 3 is 2.48 bits per heavy atom. The number of aryl methyl sites for hydroxylation is 3. The van der Waals surface area contributed by atoms with Crippen molar-refractivity contribution in [2.75, 3.05) is 7.05 Å². The van der Waals surface area contributed by atoms with E-state index in [4.69, 9.17) is 0 Å². The lowest BCUT2D eigenvalue weighted by molar-refractivity contribution is 0.666. The molecule has 1 N–H and O–H groups in total. The molecule has 3 rings (SSSR count). The summed E-state index contributed by atoms with van der Waals surface area (Å²) in [5, 5.41) is 3.49. The normalized spacial score (nSPS) is 15.6. The van der Waals surface area contributed by atoms with Crippen molar-refractivity contribution in [1.29, 1.82) is 0 Å². The molecule has 2 heteroatoms. The number of fused-ring (bicyclic) bond motifs is 1. The molecule has 0 aromatic heterocycles. The van der Waals surface area contributed by atoms with E-state index in [1.807, 2.05) is 7.05 Å². The standard InChI is InChI=1S/C19H22BrN/c1-13-11-17(20)9-10-18(13)19(21-2)16-8-7-14-5-3-4-6-15(14)12-16/h7-12,19,21H,3-6H2,1-2H3. The summed E-state index contributed by atoms with van der Waals surface area (Å²) in [7, 11) is 2.05. The van der Waals surface area contributed by atoms with Crippen LogP contribution in [-0.2, 0) is 12.8 Å². The van der Waals surface area contributed by atoms with Gasteiger partial charge >= 0.3 is 0 Å². The molecule has 2 aromatic rings. The number of rotatable bonds is 3. The number of nitrogens with one attached hydrogen (secondary N) is 1. The third kappa shape index (κ3) is 3.07. The molecule has 1 nitrogen and oxygen atoms in total. The van der Waals surface area contributed by atoms with E-state index in [-0.39, 0.29) is 6.04 Å². The van der Waals surface area contributed by atoms with Gasteiger partial charge in [-0.3, -0.25) is 0 Å². The molecule has 0 fully saturated rings. The van der Waals surface area contributed by atoms with Gasteiger partial charge in [-0.1, -0.05) is 40.2 Å². The number of halogens is 1. The first-order valence-corrected chi connectivity index (χ1v) is 8.53. The maximum absolute atomic E-state index is 3.55. The second-order valence-corrected chi connectivity index (χ2v) is 6.87. The van der Waals surface area contributed by atoms with Gasteiger partial charge < -0.3 is 5.32 Å². The van der Waals surface area contributed by atoms with E-state index in [1.165, 1.54) is 42.4 Å². The van der Waals surface area contributed by atoms with Crippen LogP contribution in [0.2, 0.25) is 0 Å². The molecule has 0 saturated heterocycles. The van der Waals surface area contributed by atoms with Gasteiger partial charge in [-0.05, 0) is 79.6 Å². The van der Waals surface area contributed by atoms with Crippen LogP contribution in [-0.4, -0.2) is 7.05 Å². The van der Waals surface area contributed by atoms with Crippen molar-refractivity contribution in [3.63, 3.8) is 0 Å². The summed E-state index contributed by atoms with van der Waals surface area (Å²) in [5.41, 5.74) is 7.16. The van der Waals surface area contributed by atoms with Crippen molar-refractivity contribution in [3.8, 4) is 0 Å². The first kappa shape index (κ1) is 14.8. The summed E-state index contributed by atoms with van der Waals surface area (Å²) in [5.74, 6) is 0. The van der Waals surface area contributed by atoms with Crippen molar-refractivity contribution >= 4 is 15.9 Å². The van der Waals surface area contributed by atoms with Crippen molar-refractivity contribution in [2.24, 2.45) is 0 Å². The van der Waals surface area contributed by atoms with Crippen molar-refractivity contribution in [1.82, 2.24) is 5.32 Å². The van der Waals surface area contributed by atoms with Gasteiger partial charge in [0, 0.05) is 4.47 Å². The maximum atomic E-state index is 3.55. The van der Waals surface area contributed by atoms with E-state index in [9.17, 15) is 0 Å². The average Bonchev–Trinajstić information content (AvgIpc) is 2.50. The first-order chi connectivity index (χ1) is 10.2. The molecule has 110 valence electrons. The molecule has 0 bridgehead atoms. The Morgan fingerprint density at radius 1 is 1.00 bits per heavy atom. The minimum atomic E-state index is 0.269. The topological polar surface area (TPSA) is 12.0 Å². The Morgan fingerprint density at radius 2 is 1.76 bits per heavy atom. The molecule has 0 saturated carbocycles. The maximum Gasteiger partial charge on any atom is 0.0577 e. The Hall–Kier alpha value is -1.12. The number of hydrogen-bond acceptors (Lipinski definition) is 1. The average molecular weight is 344 g/mol. The summed E-state index contributed by atoms with van der Waals surface area (Å²) in [6.07, 6.45) is 5.15. The van der Waals surface area contributed by atoms with Crippen LogP contribution in [0.25, 0.3) is 0 Å². The van der Waals surface area contributed by atoms with Crippen molar-refractivity contribution < 1.29 is 0 Å². The highest BCUT2D eigenvalue weighted by Crippen LogP contribution is 2.30. The lowest BCUT2D eigenvalue weighted by atomic mass is 9.87. The Kier molecular flexibility index (Phi) is 4.46. The van der Waals surface area contributed by atoms with Gasteiger partial charge in [0.1, 0.15) is 0 Å². The van der Waals surface area contributed by atoms with Crippen LogP contribution in [0.1, 0.15) is 46.7 Å². The van der Waals surface area contributed by atoms with Gasteiger partial charge in [-0.2, -0.15) is 0 Å². The Bertz CT molecular complexity index is 648. The van der Waals surface area contributed by atoms with Crippen molar-refractivity contribution in [3.05, 3.63) is 68.7 Å². The second kappa shape index (κ2) is 6.33. The lowest BCUT2D eigenvalue weighted by Crippen LogP contribution is -2.19. The molecule has 0 aliphatic heterocycles. The van der Waals surface area contributed by atoms with Crippen LogP contribution in [0.3, 0.4) is 0 Å². The quantitative estimate of drug-likeness (QED) is 0.831.